The van der Waals surface area contributed by atoms with Gasteiger partial charge in [0, 0.05) is 25.3 Å². The molecule has 5 nitrogen and oxygen atoms in total. The van der Waals surface area contributed by atoms with Crippen LogP contribution in [0.1, 0.15) is 24.3 Å². The Balaban J connectivity index is 1.67. The lowest BCUT2D eigenvalue weighted by Crippen LogP contribution is -2.32. The molecule has 162 valence electrons. The number of amides is 1. The molecule has 2 aromatic rings. The van der Waals surface area contributed by atoms with Crippen molar-refractivity contribution in [3.8, 4) is 11.5 Å². The lowest BCUT2D eigenvalue weighted by Gasteiger charge is -2.27. The van der Waals surface area contributed by atoms with Gasteiger partial charge in [-0.05, 0) is 43.2 Å². The maximum atomic E-state index is 12.6. The maximum absolute atomic E-state index is 12.6. The predicted octanol–water partition coefficient (Wildman–Crippen LogP) is 4.79. The summed E-state index contributed by atoms with van der Waals surface area (Å²) in [5.74, 6) is 0.700. The van der Waals surface area contributed by atoms with Crippen LogP contribution in [0.2, 0.25) is 0 Å². The van der Waals surface area contributed by atoms with Crippen molar-refractivity contribution in [2.75, 3.05) is 37.4 Å². The third kappa shape index (κ3) is 5.36. The number of alkyl halides is 2. The van der Waals surface area contributed by atoms with Crippen molar-refractivity contribution >= 4 is 23.4 Å². The Labute approximate surface area is 179 Å². The molecular weight excluding hydrogens is 410 g/mol. The van der Waals surface area contributed by atoms with Crippen LogP contribution in [0.3, 0.4) is 0 Å². The zero-order chi connectivity index (χ0) is 21.5. The lowest BCUT2D eigenvalue weighted by molar-refractivity contribution is -0.128. The number of benzene rings is 2. The number of halogens is 2. The Bertz CT molecular complexity index is 838. The molecule has 0 spiro atoms. The number of nitrogens with zero attached hydrogens (tertiary/aromatic N) is 2. The molecule has 1 atom stereocenters. The van der Waals surface area contributed by atoms with Gasteiger partial charge in [0.15, 0.2) is 11.5 Å². The van der Waals surface area contributed by atoms with Gasteiger partial charge in [0.25, 0.3) is 0 Å². The third-order valence-electron chi connectivity index (χ3n) is 4.99. The maximum Gasteiger partial charge on any atom is 0.387 e. The van der Waals surface area contributed by atoms with Gasteiger partial charge in [-0.3, -0.25) is 4.79 Å². The van der Waals surface area contributed by atoms with Gasteiger partial charge < -0.3 is 19.3 Å². The summed E-state index contributed by atoms with van der Waals surface area (Å²) in [7, 11) is 1.41. The van der Waals surface area contributed by atoms with E-state index in [1.54, 1.807) is 12.1 Å². The van der Waals surface area contributed by atoms with E-state index in [4.69, 9.17) is 4.74 Å². The van der Waals surface area contributed by atoms with Crippen molar-refractivity contribution < 1.29 is 23.0 Å². The number of methoxy groups -OCH3 is 1. The zero-order valence-electron chi connectivity index (χ0n) is 17.1. The van der Waals surface area contributed by atoms with Crippen molar-refractivity contribution in [3.63, 3.8) is 0 Å². The largest absolute Gasteiger partial charge is 0.493 e. The monoisotopic (exact) mass is 436 g/mol. The van der Waals surface area contributed by atoms with E-state index in [-0.39, 0.29) is 22.8 Å². The summed E-state index contributed by atoms with van der Waals surface area (Å²) in [6.07, 6.45) is 0.829. The third-order valence-corrected chi connectivity index (χ3v) is 6.24. The number of hydrogen-bond acceptors (Lipinski definition) is 5. The fourth-order valence-electron chi connectivity index (χ4n) is 3.54. The second-order valence-electron chi connectivity index (χ2n) is 6.81. The van der Waals surface area contributed by atoms with Gasteiger partial charge in [-0.2, -0.15) is 8.78 Å². The van der Waals surface area contributed by atoms with Crippen LogP contribution in [0.4, 0.5) is 14.5 Å². The van der Waals surface area contributed by atoms with E-state index in [9.17, 15) is 13.6 Å². The van der Waals surface area contributed by atoms with Crippen LogP contribution in [0.5, 0.6) is 11.5 Å². The zero-order valence-corrected chi connectivity index (χ0v) is 17.9. The van der Waals surface area contributed by atoms with E-state index in [0.717, 1.165) is 30.8 Å². The van der Waals surface area contributed by atoms with E-state index in [2.05, 4.69) is 28.7 Å². The molecule has 0 aromatic heterocycles. The Morgan fingerprint density at radius 1 is 1.20 bits per heavy atom. The minimum absolute atomic E-state index is 0.0152. The highest BCUT2D eigenvalue weighted by Gasteiger charge is 2.33. The Morgan fingerprint density at radius 2 is 1.97 bits per heavy atom. The standard InChI is InChI=1S/C22H26F2N2O3S/c1-3-25(17-8-5-4-6-9-17)12-7-13-26-20(27)15-30-21(26)16-10-11-18(29-22(23)24)19(14-16)28-2/h4-6,8-11,14,21-22H,3,7,12-13,15H2,1-2H3. The highest BCUT2D eigenvalue weighted by atomic mass is 32.2. The Kier molecular flexibility index (Phi) is 7.79. The van der Waals surface area contributed by atoms with Crippen LogP contribution in [0.15, 0.2) is 48.5 Å². The van der Waals surface area contributed by atoms with Crippen molar-refractivity contribution in [1.29, 1.82) is 0 Å². The average Bonchev–Trinajstić information content (AvgIpc) is 3.12. The van der Waals surface area contributed by atoms with Gasteiger partial charge in [0.1, 0.15) is 5.37 Å². The smallest absolute Gasteiger partial charge is 0.387 e. The molecule has 0 radical (unpaired) electrons. The Hall–Kier alpha value is -2.48. The van der Waals surface area contributed by atoms with E-state index >= 15 is 0 Å². The van der Waals surface area contributed by atoms with Gasteiger partial charge >= 0.3 is 6.61 Å². The fourth-order valence-corrected chi connectivity index (χ4v) is 4.75. The summed E-state index contributed by atoms with van der Waals surface area (Å²) in [5, 5.41) is -0.168. The highest BCUT2D eigenvalue weighted by molar-refractivity contribution is 8.00. The molecule has 1 aliphatic rings. The molecule has 30 heavy (non-hydrogen) atoms. The molecule has 3 rings (SSSR count). The topological polar surface area (TPSA) is 42.0 Å². The second kappa shape index (κ2) is 10.5. The van der Waals surface area contributed by atoms with E-state index in [0.29, 0.717) is 12.3 Å². The summed E-state index contributed by atoms with van der Waals surface area (Å²) < 4.78 is 34.8. The second-order valence-corrected chi connectivity index (χ2v) is 7.88. The predicted molar refractivity (Wildman–Crippen MR) is 115 cm³/mol. The van der Waals surface area contributed by atoms with Crippen LogP contribution in [0, 0.1) is 0 Å². The van der Waals surface area contributed by atoms with Gasteiger partial charge in [0.2, 0.25) is 5.91 Å². The average molecular weight is 437 g/mol. The summed E-state index contributed by atoms with van der Waals surface area (Å²) in [6.45, 7) is 1.54. The number of hydrogen-bond donors (Lipinski definition) is 0. The first-order chi connectivity index (χ1) is 14.5. The summed E-state index contributed by atoms with van der Waals surface area (Å²) in [6, 6.07) is 15.0. The number of carbonyl (C=O) groups is 1. The van der Waals surface area contributed by atoms with Crippen LogP contribution < -0.4 is 14.4 Å². The van der Waals surface area contributed by atoms with E-state index in [1.165, 1.54) is 24.9 Å². The van der Waals surface area contributed by atoms with Crippen molar-refractivity contribution in [2.24, 2.45) is 0 Å². The molecule has 0 saturated carbocycles. The molecule has 1 fully saturated rings. The lowest BCUT2D eigenvalue weighted by atomic mass is 10.1. The molecule has 0 bridgehead atoms. The number of thioether (sulfide) groups is 1. The SMILES string of the molecule is CCN(CCCN1C(=O)CSC1c1ccc(OC(F)F)c(OC)c1)c1ccccc1. The molecule has 1 saturated heterocycles. The van der Waals surface area contributed by atoms with Crippen molar-refractivity contribution in [3.05, 3.63) is 54.1 Å². The Morgan fingerprint density at radius 3 is 2.63 bits per heavy atom. The highest BCUT2D eigenvalue weighted by Crippen LogP contribution is 2.41. The van der Waals surface area contributed by atoms with Crippen LogP contribution in [-0.4, -0.2) is 49.9 Å². The minimum atomic E-state index is -2.92. The number of para-hydroxylation sites is 1. The first-order valence-electron chi connectivity index (χ1n) is 9.87. The number of rotatable bonds is 10. The molecule has 0 N–H and O–H groups in total. The molecule has 1 heterocycles. The van der Waals surface area contributed by atoms with Gasteiger partial charge in [-0.1, -0.05) is 24.3 Å². The molecule has 1 unspecified atom stereocenters. The normalized spacial score (nSPS) is 16.2. The number of carbonyl (C=O) groups excluding carboxylic acids is 1. The van der Waals surface area contributed by atoms with E-state index < -0.39 is 6.61 Å². The molecular formula is C22H26F2N2O3S. The molecule has 0 aliphatic carbocycles. The minimum Gasteiger partial charge on any atom is -0.493 e. The van der Waals surface area contributed by atoms with Crippen LogP contribution in [0.25, 0.3) is 0 Å². The molecule has 1 amide bonds. The van der Waals surface area contributed by atoms with Gasteiger partial charge in [0.05, 0.1) is 12.9 Å². The first kappa shape index (κ1) is 22.2. The number of anilines is 1. The summed E-state index contributed by atoms with van der Waals surface area (Å²) in [5.41, 5.74) is 2.00. The van der Waals surface area contributed by atoms with Gasteiger partial charge in [-0.15, -0.1) is 11.8 Å². The van der Waals surface area contributed by atoms with Crippen molar-refractivity contribution in [2.45, 2.75) is 25.3 Å². The van der Waals surface area contributed by atoms with Crippen LogP contribution >= 0.6 is 11.8 Å². The molecule has 2 aromatic carbocycles. The fraction of sp³-hybridized carbons (Fsp3) is 0.409. The van der Waals surface area contributed by atoms with Gasteiger partial charge in [-0.25, -0.2) is 0 Å². The molecule has 8 heteroatoms. The molecule has 1 aliphatic heterocycles. The quantitative estimate of drug-likeness (QED) is 0.536. The van der Waals surface area contributed by atoms with Crippen LogP contribution in [-0.2, 0) is 4.79 Å². The van der Waals surface area contributed by atoms with Crippen molar-refractivity contribution in [1.82, 2.24) is 4.90 Å². The number of ether oxygens (including phenoxy) is 2. The first-order valence-corrected chi connectivity index (χ1v) is 10.9. The summed E-state index contributed by atoms with van der Waals surface area (Å²) >= 11 is 1.53. The summed E-state index contributed by atoms with van der Waals surface area (Å²) in [4.78, 5) is 16.6. The van der Waals surface area contributed by atoms with E-state index in [1.807, 2.05) is 23.1 Å².